The quantitative estimate of drug-likeness (QED) is 0.401. The van der Waals surface area contributed by atoms with Crippen LogP contribution in [0, 0.1) is 6.92 Å². The van der Waals surface area contributed by atoms with E-state index in [1.807, 2.05) is 24.7 Å². The van der Waals surface area contributed by atoms with Gasteiger partial charge in [-0.3, -0.25) is 18.8 Å². The molecule has 0 unspecified atom stereocenters. The van der Waals surface area contributed by atoms with Crippen LogP contribution in [0.15, 0.2) is 29.2 Å². The lowest BCUT2D eigenvalue weighted by Crippen LogP contribution is -2.43. The summed E-state index contributed by atoms with van der Waals surface area (Å²) in [7, 11) is 1.96. The number of ketones is 1. The van der Waals surface area contributed by atoms with Gasteiger partial charge in [0, 0.05) is 61.9 Å². The summed E-state index contributed by atoms with van der Waals surface area (Å²) in [5.74, 6) is 1.20. The molecule has 0 spiro atoms. The van der Waals surface area contributed by atoms with E-state index in [2.05, 4.69) is 32.7 Å². The van der Waals surface area contributed by atoms with Gasteiger partial charge in [0.25, 0.3) is 5.56 Å². The number of nitrogens with one attached hydrogen (secondary N) is 2. The summed E-state index contributed by atoms with van der Waals surface area (Å²) in [5, 5.41) is 13.4. The van der Waals surface area contributed by atoms with Crippen LogP contribution in [0.5, 0.6) is 0 Å². The Morgan fingerprint density at radius 1 is 1.14 bits per heavy atom. The lowest BCUT2D eigenvalue weighted by molar-refractivity contribution is 0.101. The van der Waals surface area contributed by atoms with Gasteiger partial charge in [-0.05, 0) is 50.5 Å². The summed E-state index contributed by atoms with van der Waals surface area (Å²) in [5.41, 5.74) is 3.08. The Morgan fingerprint density at radius 3 is 2.62 bits per heavy atom. The molecule has 0 atom stereocenters. The normalized spacial score (nSPS) is 16.7. The van der Waals surface area contributed by atoms with E-state index >= 15 is 0 Å². The van der Waals surface area contributed by atoms with Crippen LogP contribution in [-0.2, 0) is 7.05 Å². The Bertz CT molecular complexity index is 1580. The van der Waals surface area contributed by atoms with Crippen LogP contribution in [0.1, 0.15) is 54.6 Å². The molecule has 1 saturated carbocycles. The van der Waals surface area contributed by atoms with Gasteiger partial charge in [0.1, 0.15) is 5.65 Å². The number of benzene rings is 1. The molecule has 37 heavy (non-hydrogen) atoms. The zero-order chi connectivity index (χ0) is 25.7. The second kappa shape index (κ2) is 9.26. The molecule has 192 valence electrons. The van der Waals surface area contributed by atoms with Gasteiger partial charge < -0.3 is 15.5 Å². The molecule has 6 rings (SSSR count). The molecule has 0 radical (unpaired) electrons. The largest absolute Gasteiger partial charge is 0.352 e. The minimum absolute atomic E-state index is 0.0469. The van der Waals surface area contributed by atoms with Gasteiger partial charge >= 0.3 is 0 Å². The Balaban J connectivity index is 1.40. The van der Waals surface area contributed by atoms with Crippen LogP contribution in [-0.4, -0.2) is 56.3 Å². The molecule has 0 bridgehead atoms. The van der Waals surface area contributed by atoms with Gasteiger partial charge in [-0.2, -0.15) is 10.1 Å². The number of aromatic nitrogens is 5. The number of piperazine rings is 1. The average Bonchev–Trinajstić information content (AvgIpc) is 3.53. The number of Topliss-reactive ketones (excluding diaryl/α,β-unsaturated/α-hetero) is 1. The van der Waals surface area contributed by atoms with Gasteiger partial charge in [0.2, 0.25) is 5.95 Å². The molecule has 10 nitrogen and oxygen atoms in total. The van der Waals surface area contributed by atoms with E-state index in [0.717, 1.165) is 79.7 Å². The maximum Gasteiger partial charge on any atom is 0.263 e. The van der Waals surface area contributed by atoms with Crippen molar-refractivity contribution in [3.05, 3.63) is 45.9 Å². The van der Waals surface area contributed by atoms with Gasteiger partial charge in [-0.1, -0.05) is 12.8 Å². The first-order valence-electron chi connectivity index (χ1n) is 13.0. The predicted molar refractivity (Wildman–Crippen MR) is 145 cm³/mol. The maximum atomic E-state index is 13.5. The fourth-order valence-electron chi connectivity index (χ4n) is 5.86. The number of anilines is 3. The van der Waals surface area contributed by atoms with Crippen molar-refractivity contribution in [2.75, 3.05) is 36.4 Å². The molecule has 10 heteroatoms. The lowest BCUT2D eigenvalue weighted by atomic mass is 10.0. The third kappa shape index (κ3) is 4.05. The summed E-state index contributed by atoms with van der Waals surface area (Å²) in [6, 6.07) is 6.19. The fraction of sp³-hybridized carbons (Fsp3) is 0.444. The average molecular weight is 501 g/mol. The minimum Gasteiger partial charge on any atom is -0.352 e. The summed E-state index contributed by atoms with van der Waals surface area (Å²) in [6.07, 6.45) is 5.68. The molecule has 2 aliphatic rings. The minimum atomic E-state index is -0.245. The highest BCUT2D eigenvalue weighted by Crippen LogP contribution is 2.33. The van der Waals surface area contributed by atoms with Crippen molar-refractivity contribution in [1.82, 2.24) is 29.6 Å². The van der Waals surface area contributed by atoms with Crippen molar-refractivity contribution in [2.45, 2.75) is 45.6 Å². The Hall–Kier alpha value is -3.79. The molecule has 1 aliphatic heterocycles. The molecule has 2 fully saturated rings. The highest BCUT2D eigenvalue weighted by molar-refractivity contribution is 5.99. The van der Waals surface area contributed by atoms with Crippen molar-refractivity contribution < 1.29 is 4.79 Å². The number of nitrogens with zero attached hydrogens (tertiary/aromatic N) is 6. The highest BCUT2D eigenvalue weighted by Gasteiger charge is 2.26. The van der Waals surface area contributed by atoms with Gasteiger partial charge in [-0.15, -0.1) is 0 Å². The molecule has 3 aromatic heterocycles. The molecule has 0 amide bonds. The molecule has 2 N–H and O–H groups in total. The molecular weight excluding hydrogens is 468 g/mol. The highest BCUT2D eigenvalue weighted by atomic mass is 16.1. The molecule has 1 aliphatic carbocycles. The van der Waals surface area contributed by atoms with Crippen LogP contribution < -0.4 is 21.1 Å². The van der Waals surface area contributed by atoms with Crippen molar-refractivity contribution >= 4 is 45.2 Å². The number of carbonyl (C=O) groups is 1. The monoisotopic (exact) mass is 500 g/mol. The maximum absolute atomic E-state index is 13.5. The van der Waals surface area contributed by atoms with Crippen LogP contribution in [0.3, 0.4) is 0 Å². The zero-order valence-corrected chi connectivity index (χ0v) is 21.5. The van der Waals surface area contributed by atoms with Crippen molar-refractivity contribution in [1.29, 1.82) is 0 Å². The van der Waals surface area contributed by atoms with Crippen LogP contribution >= 0.6 is 0 Å². The number of pyridine rings is 1. The van der Waals surface area contributed by atoms with Gasteiger partial charge in [-0.25, -0.2) is 4.98 Å². The second-order valence-electron chi connectivity index (χ2n) is 10.1. The smallest absolute Gasteiger partial charge is 0.263 e. The first kappa shape index (κ1) is 23.6. The Labute approximate surface area is 214 Å². The molecule has 1 saturated heterocycles. The predicted octanol–water partition coefficient (Wildman–Crippen LogP) is 3.46. The number of hydrogen-bond acceptors (Lipinski definition) is 8. The zero-order valence-electron chi connectivity index (χ0n) is 21.5. The topological polar surface area (TPSA) is 110 Å². The number of carbonyl (C=O) groups excluding carboxylic acids is 1. The second-order valence-corrected chi connectivity index (χ2v) is 10.1. The van der Waals surface area contributed by atoms with Crippen molar-refractivity contribution in [2.24, 2.45) is 7.05 Å². The summed E-state index contributed by atoms with van der Waals surface area (Å²) < 4.78 is 3.65. The lowest BCUT2D eigenvalue weighted by Gasteiger charge is -2.27. The van der Waals surface area contributed by atoms with Crippen molar-refractivity contribution in [3.63, 3.8) is 0 Å². The van der Waals surface area contributed by atoms with Crippen LogP contribution in [0.4, 0.5) is 17.5 Å². The van der Waals surface area contributed by atoms with Crippen LogP contribution in [0.2, 0.25) is 0 Å². The standard InChI is InChI=1S/C27H32N8O2/c1-16-21-15-29-27(31-24(21)35(19-6-4-5-7-19)26(37)23(16)17(2)36)30-18-8-9-20-22(14-18)33(3)32-25(20)34-12-10-28-11-13-34/h8-9,14-15,19,28H,4-7,10-13H2,1-3H3,(H,29,30,31). The van der Waals surface area contributed by atoms with E-state index in [4.69, 9.17) is 10.1 Å². The molecule has 1 aromatic carbocycles. The molecule has 4 aromatic rings. The first-order chi connectivity index (χ1) is 17.9. The molecule has 4 heterocycles. The first-order valence-corrected chi connectivity index (χ1v) is 13.0. The van der Waals surface area contributed by atoms with E-state index in [1.54, 1.807) is 10.8 Å². The van der Waals surface area contributed by atoms with E-state index in [-0.39, 0.29) is 22.9 Å². The fourth-order valence-corrected chi connectivity index (χ4v) is 5.86. The Morgan fingerprint density at radius 2 is 1.89 bits per heavy atom. The van der Waals surface area contributed by atoms with Gasteiger partial charge in [0.15, 0.2) is 11.6 Å². The van der Waals surface area contributed by atoms with Crippen LogP contribution in [0.25, 0.3) is 21.9 Å². The number of hydrogen-bond donors (Lipinski definition) is 2. The molecular formula is C27H32N8O2. The van der Waals surface area contributed by atoms with Gasteiger partial charge in [0.05, 0.1) is 11.1 Å². The Kier molecular flexibility index (Phi) is 5.91. The summed E-state index contributed by atoms with van der Waals surface area (Å²) >= 11 is 0. The summed E-state index contributed by atoms with van der Waals surface area (Å²) in [6.45, 7) is 7.04. The van der Waals surface area contributed by atoms with E-state index in [1.165, 1.54) is 6.92 Å². The number of rotatable bonds is 5. The SMILES string of the molecule is CC(=O)c1c(C)c2cnc(Nc3ccc4c(N5CCNCC5)nn(C)c4c3)nc2n(C2CCCC2)c1=O. The number of aryl methyl sites for hydroxylation is 2. The van der Waals surface area contributed by atoms with E-state index in [9.17, 15) is 9.59 Å². The third-order valence-electron chi connectivity index (χ3n) is 7.76. The van der Waals surface area contributed by atoms with Crippen molar-refractivity contribution in [3.8, 4) is 0 Å². The number of fused-ring (bicyclic) bond motifs is 2. The third-order valence-corrected chi connectivity index (χ3v) is 7.76. The van der Waals surface area contributed by atoms with E-state index in [0.29, 0.717) is 17.2 Å². The summed E-state index contributed by atoms with van der Waals surface area (Å²) in [4.78, 5) is 37.5. The van der Waals surface area contributed by atoms with E-state index < -0.39 is 0 Å².